The van der Waals surface area contributed by atoms with Gasteiger partial charge in [0, 0.05) is 31.6 Å². The zero-order valence-corrected chi connectivity index (χ0v) is 23.1. The Balaban J connectivity index is 1.61. The first-order chi connectivity index (χ1) is 18.6. The van der Waals surface area contributed by atoms with E-state index < -0.39 is 11.8 Å². The number of ether oxygens (including phenoxy) is 3. The number of piperidine rings is 1. The molecule has 0 spiro atoms. The van der Waals surface area contributed by atoms with Crippen LogP contribution in [0.4, 0.5) is 10.1 Å². The van der Waals surface area contributed by atoms with Crippen molar-refractivity contribution in [3.8, 4) is 17.2 Å². The predicted octanol–water partition coefficient (Wildman–Crippen LogP) is 4.69. The number of halogens is 1. The van der Waals surface area contributed by atoms with Crippen LogP contribution in [0.15, 0.2) is 18.2 Å². The Labute approximate surface area is 228 Å². The van der Waals surface area contributed by atoms with Crippen molar-refractivity contribution in [3.63, 3.8) is 0 Å². The van der Waals surface area contributed by atoms with Crippen LogP contribution in [0.5, 0.6) is 17.2 Å². The maximum atomic E-state index is 15.2. The monoisotopic (exact) mass is 541 g/mol. The molecule has 0 saturated carbocycles. The van der Waals surface area contributed by atoms with E-state index in [-0.39, 0.29) is 60.0 Å². The summed E-state index contributed by atoms with van der Waals surface area (Å²) < 4.78 is 31.4. The van der Waals surface area contributed by atoms with Crippen molar-refractivity contribution >= 4 is 23.3 Å². The van der Waals surface area contributed by atoms with Gasteiger partial charge in [-0.2, -0.15) is 0 Å². The van der Waals surface area contributed by atoms with Crippen LogP contribution in [-0.4, -0.2) is 68.6 Å². The zero-order valence-electron chi connectivity index (χ0n) is 23.1. The molecule has 2 aromatic carbocycles. The first-order valence-electron chi connectivity index (χ1n) is 13.1. The van der Waals surface area contributed by atoms with Crippen molar-refractivity contribution in [1.29, 1.82) is 5.41 Å². The maximum absolute atomic E-state index is 15.2. The van der Waals surface area contributed by atoms with E-state index in [2.05, 4.69) is 4.90 Å². The molecule has 0 radical (unpaired) electrons. The second kappa shape index (κ2) is 11.5. The summed E-state index contributed by atoms with van der Waals surface area (Å²) in [5, 5.41) is 17.8. The number of carboxylic acid groups (broad SMARTS) is 1. The summed E-state index contributed by atoms with van der Waals surface area (Å²) in [6.07, 6.45) is 1.64. The number of carbonyl (C=O) groups excluding carboxylic acids is 1. The molecule has 210 valence electrons. The standard InChI is InChI=1S/C29H36FN3O6/c1-16(2)20-11-18(12-21(27(20)38-4)32-8-6-17(7-9-32)10-24(35)36)22(34)15-33-14-19-13-23(37-3)28(39-5)26(30)25(19)29(33)31/h11-13,16-17,31H,6-10,14-15H2,1-5H3,(H,35,36). The summed E-state index contributed by atoms with van der Waals surface area (Å²) >= 11 is 0. The molecule has 2 aliphatic rings. The fraction of sp³-hybridized carbons (Fsp3) is 0.483. The molecule has 0 amide bonds. The Morgan fingerprint density at radius 1 is 1.08 bits per heavy atom. The van der Waals surface area contributed by atoms with Gasteiger partial charge in [0.05, 0.1) is 39.1 Å². The lowest BCUT2D eigenvalue weighted by atomic mass is 9.91. The Bertz CT molecular complexity index is 1290. The van der Waals surface area contributed by atoms with Crippen LogP contribution < -0.4 is 19.1 Å². The highest BCUT2D eigenvalue weighted by molar-refractivity contribution is 6.06. The van der Waals surface area contributed by atoms with E-state index in [0.717, 1.165) is 24.1 Å². The lowest BCUT2D eigenvalue weighted by Crippen LogP contribution is -2.35. The number of Topliss-reactive ketones (excluding diaryl/α,β-unsaturated/α-hetero) is 1. The number of carbonyl (C=O) groups is 2. The largest absolute Gasteiger partial charge is 0.494 e. The maximum Gasteiger partial charge on any atom is 0.303 e. The van der Waals surface area contributed by atoms with E-state index >= 15 is 4.39 Å². The number of methoxy groups -OCH3 is 3. The molecule has 10 heteroatoms. The van der Waals surface area contributed by atoms with Crippen molar-refractivity contribution in [2.75, 3.05) is 45.9 Å². The number of ketones is 1. The van der Waals surface area contributed by atoms with Crippen molar-refractivity contribution in [3.05, 3.63) is 46.3 Å². The molecule has 0 aliphatic carbocycles. The van der Waals surface area contributed by atoms with Crippen LogP contribution in [0.2, 0.25) is 0 Å². The smallest absolute Gasteiger partial charge is 0.303 e. The second-order valence-corrected chi connectivity index (χ2v) is 10.4. The van der Waals surface area contributed by atoms with Gasteiger partial charge in [0.15, 0.2) is 23.1 Å². The minimum absolute atomic E-state index is 0.0670. The van der Waals surface area contributed by atoms with Gasteiger partial charge in [0.1, 0.15) is 11.6 Å². The topological polar surface area (TPSA) is 112 Å². The third-order valence-electron chi connectivity index (χ3n) is 7.61. The Morgan fingerprint density at radius 3 is 2.31 bits per heavy atom. The van der Waals surface area contributed by atoms with Crippen molar-refractivity contribution in [1.82, 2.24) is 4.90 Å². The Hall–Kier alpha value is -3.82. The number of aliphatic carboxylic acids is 1. The number of rotatable bonds is 10. The van der Waals surface area contributed by atoms with Gasteiger partial charge in [-0.15, -0.1) is 0 Å². The predicted molar refractivity (Wildman–Crippen MR) is 145 cm³/mol. The fourth-order valence-electron chi connectivity index (χ4n) is 5.53. The summed E-state index contributed by atoms with van der Waals surface area (Å²) in [5.41, 5.74) is 2.86. The van der Waals surface area contributed by atoms with Crippen LogP contribution in [0.3, 0.4) is 0 Å². The Kier molecular flexibility index (Phi) is 8.32. The Morgan fingerprint density at radius 2 is 1.74 bits per heavy atom. The number of amidine groups is 1. The van der Waals surface area contributed by atoms with Crippen LogP contribution in [0, 0.1) is 17.1 Å². The molecule has 0 atom stereocenters. The van der Waals surface area contributed by atoms with E-state index in [0.29, 0.717) is 30.0 Å². The zero-order chi connectivity index (χ0) is 28.4. The molecule has 0 bridgehead atoms. The molecule has 1 fully saturated rings. The summed E-state index contributed by atoms with van der Waals surface area (Å²) in [4.78, 5) is 28.5. The molecular formula is C29H36FN3O6. The average Bonchev–Trinajstić information content (AvgIpc) is 3.22. The number of anilines is 1. The summed E-state index contributed by atoms with van der Waals surface area (Å²) in [6.45, 7) is 5.50. The average molecular weight is 542 g/mol. The van der Waals surface area contributed by atoms with Crippen LogP contribution >= 0.6 is 0 Å². The summed E-state index contributed by atoms with van der Waals surface area (Å²) in [6, 6.07) is 5.31. The lowest BCUT2D eigenvalue weighted by molar-refractivity contribution is -0.138. The third kappa shape index (κ3) is 5.51. The normalized spacial score (nSPS) is 15.5. The molecule has 0 unspecified atom stereocenters. The van der Waals surface area contributed by atoms with Gasteiger partial charge >= 0.3 is 5.97 Å². The minimum Gasteiger partial charge on any atom is -0.494 e. The number of fused-ring (bicyclic) bond motifs is 1. The van der Waals surface area contributed by atoms with E-state index in [1.165, 1.54) is 14.2 Å². The highest BCUT2D eigenvalue weighted by Crippen LogP contribution is 2.41. The van der Waals surface area contributed by atoms with Crippen molar-refractivity contribution in [2.24, 2.45) is 5.92 Å². The number of nitrogens with one attached hydrogen (secondary N) is 1. The van der Waals surface area contributed by atoms with Gasteiger partial charge in [-0.05, 0) is 54.0 Å². The summed E-state index contributed by atoms with van der Waals surface area (Å²) in [5.74, 6) is -0.640. The van der Waals surface area contributed by atoms with Crippen LogP contribution in [-0.2, 0) is 11.3 Å². The van der Waals surface area contributed by atoms with E-state index in [1.807, 2.05) is 26.0 Å². The number of nitrogens with zero attached hydrogens (tertiary/aromatic N) is 2. The van der Waals surface area contributed by atoms with Crippen molar-refractivity contribution < 1.29 is 33.3 Å². The molecule has 9 nitrogen and oxygen atoms in total. The van der Waals surface area contributed by atoms with Gasteiger partial charge in [-0.1, -0.05) is 13.8 Å². The van der Waals surface area contributed by atoms with Gasteiger partial charge in [-0.25, -0.2) is 4.39 Å². The SMILES string of the molecule is COc1cc2c(c(F)c1OC)C(=N)N(CC(=O)c1cc(C(C)C)c(OC)c(N3CCC(CC(=O)O)CC3)c1)C2. The first kappa shape index (κ1) is 28.2. The van der Waals surface area contributed by atoms with Gasteiger partial charge < -0.3 is 29.1 Å². The third-order valence-corrected chi connectivity index (χ3v) is 7.61. The van der Waals surface area contributed by atoms with Crippen LogP contribution in [0.25, 0.3) is 0 Å². The number of hydrogen-bond donors (Lipinski definition) is 2. The molecule has 4 rings (SSSR count). The molecular weight excluding hydrogens is 505 g/mol. The molecule has 2 heterocycles. The van der Waals surface area contributed by atoms with Gasteiger partial charge in [-0.3, -0.25) is 15.0 Å². The highest BCUT2D eigenvalue weighted by Gasteiger charge is 2.33. The number of carboxylic acids is 1. The molecule has 2 aromatic rings. The highest BCUT2D eigenvalue weighted by atomic mass is 19.1. The molecule has 2 aliphatic heterocycles. The lowest BCUT2D eigenvalue weighted by Gasteiger charge is -2.35. The first-order valence-corrected chi connectivity index (χ1v) is 13.1. The second-order valence-electron chi connectivity index (χ2n) is 10.4. The van der Waals surface area contributed by atoms with Crippen molar-refractivity contribution in [2.45, 2.75) is 45.6 Å². The van der Waals surface area contributed by atoms with E-state index in [1.54, 1.807) is 18.1 Å². The number of benzene rings is 2. The van der Waals surface area contributed by atoms with Gasteiger partial charge in [0.25, 0.3) is 0 Å². The molecule has 1 saturated heterocycles. The summed E-state index contributed by atoms with van der Waals surface area (Å²) in [7, 11) is 4.38. The molecule has 0 aromatic heterocycles. The van der Waals surface area contributed by atoms with E-state index in [4.69, 9.17) is 24.7 Å². The quantitative estimate of drug-likeness (QED) is 0.417. The van der Waals surface area contributed by atoms with Gasteiger partial charge in [0.2, 0.25) is 0 Å². The molecule has 39 heavy (non-hydrogen) atoms. The molecule has 2 N–H and O–H groups in total. The fourth-order valence-corrected chi connectivity index (χ4v) is 5.53. The van der Waals surface area contributed by atoms with Crippen LogP contribution in [0.1, 0.15) is 66.1 Å². The number of hydrogen-bond acceptors (Lipinski definition) is 7. The minimum atomic E-state index is -0.785. The van der Waals surface area contributed by atoms with E-state index in [9.17, 15) is 9.59 Å².